The lowest BCUT2D eigenvalue weighted by Crippen LogP contribution is -2.34. The number of hydrogen-bond acceptors (Lipinski definition) is 6. The molecule has 1 aromatic carbocycles. The molecule has 0 aliphatic carbocycles. The Labute approximate surface area is 193 Å². The molecule has 1 saturated heterocycles. The molecule has 1 amide bonds. The maximum atomic E-state index is 13.0. The fourth-order valence-electron chi connectivity index (χ4n) is 4.34. The molecule has 1 aliphatic heterocycles. The Morgan fingerprint density at radius 2 is 2.06 bits per heavy atom. The molecule has 33 heavy (non-hydrogen) atoms. The summed E-state index contributed by atoms with van der Waals surface area (Å²) in [6.07, 6.45) is 4.20. The van der Waals surface area contributed by atoms with E-state index in [4.69, 9.17) is 0 Å². The summed E-state index contributed by atoms with van der Waals surface area (Å²) in [5.74, 6) is 0.807. The lowest BCUT2D eigenvalue weighted by atomic mass is 9.94. The van der Waals surface area contributed by atoms with Crippen molar-refractivity contribution in [3.8, 4) is 0 Å². The highest BCUT2D eigenvalue weighted by Gasteiger charge is 2.32. The predicted octanol–water partition coefficient (Wildman–Crippen LogP) is 2.58. The van der Waals surface area contributed by atoms with E-state index in [1.807, 2.05) is 36.7 Å². The van der Waals surface area contributed by atoms with Crippen LogP contribution in [0.4, 0.5) is 0 Å². The van der Waals surface area contributed by atoms with E-state index < -0.39 is 6.10 Å². The molecule has 0 radical (unpaired) electrons. The largest absolute Gasteiger partial charge is 0.391 e. The molecule has 172 valence electrons. The van der Waals surface area contributed by atoms with Gasteiger partial charge in [-0.1, -0.05) is 31.2 Å². The molecule has 3 atom stereocenters. The maximum absolute atomic E-state index is 13.0. The number of amides is 1. The van der Waals surface area contributed by atoms with Crippen LogP contribution < -0.4 is 0 Å². The average molecular weight is 448 g/mol. The van der Waals surface area contributed by atoms with E-state index in [1.54, 1.807) is 23.4 Å². The summed E-state index contributed by atoms with van der Waals surface area (Å²) >= 11 is 0. The molecule has 0 saturated carbocycles. The summed E-state index contributed by atoms with van der Waals surface area (Å²) in [5.41, 5.74) is 2.71. The Hall–Kier alpha value is -3.39. The molecule has 8 nitrogen and oxygen atoms in total. The first kappa shape index (κ1) is 22.8. The van der Waals surface area contributed by atoms with E-state index in [0.29, 0.717) is 18.5 Å². The lowest BCUT2D eigenvalue weighted by molar-refractivity contribution is 0.0726. The van der Waals surface area contributed by atoms with Crippen molar-refractivity contribution < 1.29 is 14.7 Å². The number of carbonyl (C=O) groups excluding carboxylic acids is 2. The maximum Gasteiger partial charge on any atom is 0.254 e. The summed E-state index contributed by atoms with van der Waals surface area (Å²) in [6.45, 7) is 4.35. The zero-order valence-electron chi connectivity index (χ0n) is 19.2. The molecule has 1 fully saturated rings. The zero-order valence-corrected chi connectivity index (χ0v) is 19.2. The van der Waals surface area contributed by atoms with Gasteiger partial charge in [0.15, 0.2) is 5.78 Å². The van der Waals surface area contributed by atoms with Crippen LogP contribution in [0.2, 0.25) is 0 Å². The summed E-state index contributed by atoms with van der Waals surface area (Å²) in [4.78, 5) is 31.7. The van der Waals surface area contributed by atoms with Gasteiger partial charge in [0.2, 0.25) is 0 Å². The Balaban J connectivity index is 1.45. The molecule has 0 unspecified atom stereocenters. The Morgan fingerprint density at radius 1 is 1.24 bits per heavy atom. The van der Waals surface area contributed by atoms with Crippen molar-refractivity contribution in [3.63, 3.8) is 0 Å². The second-order valence-corrected chi connectivity index (χ2v) is 8.93. The van der Waals surface area contributed by atoms with Crippen molar-refractivity contribution >= 4 is 11.7 Å². The molecule has 3 aromatic rings. The SMILES string of the molecule is C[C@H](Cc1nncn1C)c1cccc(CC(=O)c2cc(C(=O)N3C[C@@H](O)C[C@@H]3C)ccn2)c1. The van der Waals surface area contributed by atoms with Crippen molar-refractivity contribution in [1.82, 2.24) is 24.6 Å². The van der Waals surface area contributed by atoms with E-state index in [0.717, 1.165) is 23.4 Å². The van der Waals surface area contributed by atoms with Crippen LogP contribution in [0.25, 0.3) is 0 Å². The molecule has 4 rings (SSSR count). The number of aliphatic hydroxyl groups excluding tert-OH is 1. The lowest BCUT2D eigenvalue weighted by Gasteiger charge is -2.21. The number of Topliss-reactive ketones (excluding diaryl/α,β-unsaturated/α-hetero) is 1. The first-order valence-electron chi connectivity index (χ1n) is 11.2. The minimum absolute atomic E-state index is 0.0360. The third-order valence-corrected chi connectivity index (χ3v) is 6.28. The summed E-state index contributed by atoms with van der Waals surface area (Å²) < 4.78 is 1.91. The first-order valence-corrected chi connectivity index (χ1v) is 11.2. The van der Waals surface area contributed by atoms with Gasteiger partial charge in [0.05, 0.1) is 6.10 Å². The molecule has 2 aromatic heterocycles. The normalized spacial score (nSPS) is 19.0. The van der Waals surface area contributed by atoms with Crippen molar-refractivity contribution in [2.45, 2.75) is 51.2 Å². The van der Waals surface area contributed by atoms with Crippen LogP contribution >= 0.6 is 0 Å². The van der Waals surface area contributed by atoms with Gasteiger partial charge in [-0.05, 0) is 42.5 Å². The average Bonchev–Trinajstić information content (AvgIpc) is 3.37. The number of aliphatic hydroxyl groups is 1. The van der Waals surface area contributed by atoms with Crippen molar-refractivity contribution in [3.05, 3.63) is 77.1 Å². The topological polar surface area (TPSA) is 101 Å². The zero-order chi connectivity index (χ0) is 23.5. The van der Waals surface area contributed by atoms with Crippen LogP contribution in [0.3, 0.4) is 0 Å². The molecular formula is C25H29N5O3. The number of likely N-dealkylation sites (tertiary alicyclic amines) is 1. The molecular weight excluding hydrogens is 418 g/mol. The summed E-state index contributed by atoms with van der Waals surface area (Å²) in [7, 11) is 1.93. The monoisotopic (exact) mass is 447 g/mol. The van der Waals surface area contributed by atoms with Gasteiger partial charge in [-0.25, -0.2) is 0 Å². The van der Waals surface area contributed by atoms with Crippen molar-refractivity contribution in [2.24, 2.45) is 7.05 Å². The van der Waals surface area contributed by atoms with Gasteiger partial charge in [0.1, 0.15) is 17.8 Å². The number of rotatable bonds is 7. The summed E-state index contributed by atoms with van der Waals surface area (Å²) in [5, 5.41) is 17.9. The molecule has 0 bridgehead atoms. The van der Waals surface area contributed by atoms with E-state index in [2.05, 4.69) is 28.2 Å². The van der Waals surface area contributed by atoms with Gasteiger partial charge < -0.3 is 14.6 Å². The minimum atomic E-state index is -0.504. The standard InChI is InChI=1S/C25H29N5O3/c1-16(9-24-28-27-15-29(24)3)19-6-4-5-18(11-19)12-23(32)22-13-20(7-8-26-22)25(33)30-14-21(31)10-17(30)2/h4-8,11,13,15-17,21,31H,9-10,12,14H2,1-3H3/t16-,17+,21+/m1/s1. The van der Waals surface area contributed by atoms with Gasteiger partial charge in [-0.2, -0.15) is 0 Å². The first-order chi connectivity index (χ1) is 15.8. The minimum Gasteiger partial charge on any atom is -0.391 e. The highest BCUT2D eigenvalue weighted by molar-refractivity contribution is 6.00. The van der Waals surface area contributed by atoms with Gasteiger partial charge in [-0.3, -0.25) is 14.6 Å². The molecule has 0 spiro atoms. The molecule has 1 aliphatic rings. The quantitative estimate of drug-likeness (QED) is 0.559. The number of hydrogen-bond donors (Lipinski definition) is 1. The van der Waals surface area contributed by atoms with Crippen LogP contribution in [-0.2, 0) is 19.9 Å². The number of carbonyl (C=O) groups is 2. The Bertz CT molecular complexity index is 1160. The highest BCUT2D eigenvalue weighted by Crippen LogP contribution is 2.22. The number of pyridine rings is 1. The van der Waals surface area contributed by atoms with Crippen LogP contribution in [0.5, 0.6) is 0 Å². The van der Waals surface area contributed by atoms with E-state index in [1.165, 1.54) is 6.20 Å². The number of β-amino-alcohol motifs (C(OH)–C–C–N with tert-alkyl or cyclic N) is 1. The second kappa shape index (κ2) is 9.62. The third kappa shape index (κ3) is 5.17. The van der Waals surface area contributed by atoms with Gasteiger partial charge >= 0.3 is 0 Å². The third-order valence-electron chi connectivity index (χ3n) is 6.28. The van der Waals surface area contributed by atoms with Crippen LogP contribution in [0, 0.1) is 0 Å². The Kier molecular flexibility index (Phi) is 6.65. The highest BCUT2D eigenvalue weighted by atomic mass is 16.3. The summed E-state index contributed by atoms with van der Waals surface area (Å²) in [6, 6.07) is 11.1. The fourth-order valence-corrected chi connectivity index (χ4v) is 4.34. The van der Waals surface area contributed by atoms with Crippen LogP contribution in [0.1, 0.15) is 64.0 Å². The predicted molar refractivity (Wildman–Crippen MR) is 123 cm³/mol. The second-order valence-electron chi connectivity index (χ2n) is 8.93. The Morgan fingerprint density at radius 3 is 2.76 bits per heavy atom. The molecule has 3 heterocycles. The van der Waals surface area contributed by atoms with Crippen molar-refractivity contribution in [2.75, 3.05) is 6.54 Å². The van der Waals surface area contributed by atoms with Gasteiger partial charge in [0.25, 0.3) is 5.91 Å². The van der Waals surface area contributed by atoms with Gasteiger partial charge in [0, 0.05) is 44.2 Å². The fraction of sp³-hybridized carbons (Fsp3) is 0.400. The number of benzene rings is 1. The van der Waals surface area contributed by atoms with E-state index in [-0.39, 0.29) is 35.8 Å². The molecule has 1 N–H and O–H groups in total. The van der Waals surface area contributed by atoms with E-state index >= 15 is 0 Å². The van der Waals surface area contributed by atoms with Gasteiger partial charge in [-0.15, -0.1) is 10.2 Å². The van der Waals surface area contributed by atoms with Crippen LogP contribution in [-0.4, -0.2) is 60.1 Å². The molecule has 8 heteroatoms. The number of ketones is 1. The van der Waals surface area contributed by atoms with Crippen LogP contribution in [0.15, 0.2) is 48.9 Å². The van der Waals surface area contributed by atoms with E-state index in [9.17, 15) is 14.7 Å². The number of nitrogens with zero attached hydrogens (tertiary/aromatic N) is 5. The number of aryl methyl sites for hydroxylation is 1. The smallest absolute Gasteiger partial charge is 0.254 e. The van der Waals surface area contributed by atoms with Crippen molar-refractivity contribution in [1.29, 1.82) is 0 Å². The number of aromatic nitrogens is 4.